The average Bonchev–Trinajstić information content (AvgIpc) is 3.13. The minimum Gasteiger partial charge on any atom is -0.467 e. The monoisotopic (exact) mass is 505 g/mol. The first-order valence-corrected chi connectivity index (χ1v) is 9.57. The number of alkyl halides is 3. The fourth-order valence-electron chi connectivity index (χ4n) is 2.76. The molecule has 35 heavy (non-hydrogen) atoms. The van der Waals surface area contributed by atoms with E-state index < -0.39 is 65.7 Å². The highest BCUT2D eigenvalue weighted by Crippen LogP contribution is 2.25. The van der Waals surface area contributed by atoms with Crippen molar-refractivity contribution in [2.75, 3.05) is 19.0 Å². The molecular weight excluding hydrogens is 489 g/mol. The normalized spacial score (nSPS) is 11.4. The van der Waals surface area contributed by atoms with Gasteiger partial charge in [-0.15, -0.1) is 5.10 Å². The lowest BCUT2D eigenvalue weighted by molar-refractivity contribution is -0.154. The second kappa shape index (κ2) is 10.00. The van der Waals surface area contributed by atoms with Crippen LogP contribution in [0, 0.1) is 11.6 Å². The number of aliphatic hydroxyl groups excluding tert-OH is 1. The average molecular weight is 505 g/mol. The van der Waals surface area contributed by atoms with Crippen LogP contribution in [0.4, 0.5) is 27.8 Å². The van der Waals surface area contributed by atoms with Gasteiger partial charge in [0.15, 0.2) is 35.7 Å². The van der Waals surface area contributed by atoms with Crippen molar-refractivity contribution >= 4 is 11.7 Å². The van der Waals surface area contributed by atoms with Crippen LogP contribution in [0.2, 0.25) is 0 Å². The summed E-state index contributed by atoms with van der Waals surface area (Å²) < 4.78 is 77.8. The van der Waals surface area contributed by atoms with Crippen LogP contribution in [0.5, 0.6) is 11.9 Å². The lowest BCUT2D eigenvalue weighted by atomic mass is 10.2. The van der Waals surface area contributed by atoms with Crippen molar-refractivity contribution in [2.24, 2.45) is 0 Å². The third-order valence-electron chi connectivity index (χ3n) is 4.27. The molecule has 0 spiro atoms. The number of hydrogen-bond acceptors (Lipinski definition) is 9. The summed E-state index contributed by atoms with van der Waals surface area (Å²) in [6.45, 7) is -1.07. The lowest BCUT2D eigenvalue weighted by Crippen LogP contribution is -2.27. The summed E-state index contributed by atoms with van der Waals surface area (Å²) in [4.78, 5) is 35.7. The smallest absolute Gasteiger partial charge is 0.422 e. The second-order valence-electron chi connectivity index (χ2n) is 6.57. The Balaban J connectivity index is 2.10. The van der Waals surface area contributed by atoms with Crippen molar-refractivity contribution in [3.8, 4) is 17.7 Å². The summed E-state index contributed by atoms with van der Waals surface area (Å²) in [6, 6.07) is 0.0795. The van der Waals surface area contributed by atoms with Crippen LogP contribution in [0.15, 0.2) is 17.1 Å². The van der Waals surface area contributed by atoms with Crippen LogP contribution in [-0.2, 0) is 13.2 Å². The van der Waals surface area contributed by atoms with Gasteiger partial charge in [0, 0.05) is 6.54 Å². The number of pyridine rings is 1. The number of nitrogens with one attached hydrogen (secondary N) is 1. The predicted molar refractivity (Wildman–Crippen MR) is 105 cm³/mol. The van der Waals surface area contributed by atoms with Crippen LogP contribution in [0.25, 0.3) is 5.82 Å². The Hall–Kier alpha value is -4.15. The van der Waals surface area contributed by atoms with Gasteiger partial charge in [-0.3, -0.25) is 9.36 Å². The van der Waals surface area contributed by atoms with Crippen molar-refractivity contribution < 1.29 is 41.3 Å². The molecule has 0 aliphatic carbocycles. The van der Waals surface area contributed by atoms with Crippen molar-refractivity contribution in [1.29, 1.82) is 0 Å². The van der Waals surface area contributed by atoms with Crippen molar-refractivity contribution in [1.82, 2.24) is 29.3 Å². The van der Waals surface area contributed by atoms with E-state index in [0.717, 1.165) is 11.7 Å². The van der Waals surface area contributed by atoms with Gasteiger partial charge >= 0.3 is 17.9 Å². The summed E-state index contributed by atoms with van der Waals surface area (Å²) in [5, 5.41) is 15.0. The summed E-state index contributed by atoms with van der Waals surface area (Å²) in [5.74, 6) is -6.67. The number of aromatic nitrogens is 6. The first-order valence-electron chi connectivity index (χ1n) is 9.57. The molecule has 0 radical (unpaired) electrons. The Bertz CT molecular complexity index is 1310. The van der Waals surface area contributed by atoms with Gasteiger partial charge in [-0.2, -0.15) is 27.8 Å². The number of carbonyl (C=O) groups is 1. The van der Waals surface area contributed by atoms with Gasteiger partial charge in [-0.05, 0) is 13.0 Å². The molecule has 0 saturated carbocycles. The first kappa shape index (κ1) is 25.5. The molecule has 3 aromatic heterocycles. The molecule has 0 atom stereocenters. The van der Waals surface area contributed by atoms with Crippen molar-refractivity contribution in [3.63, 3.8) is 0 Å². The van der Waals surface area contributed by atoms with Crippen LogP contribution >= 0.6 is 0 Å². The second-order valence-corrected chi connectivity index (χ2v) is 6.57. The minimum atomic E-state index is -4.87. The number of anilines is 1. The Labute approximate surface area is 192 Å². The molecule has 0 aliphatic rings. The number of carbonyl (C=O) groups excluding carboxylic acids is 1. The molecule has 0 fully saturated rings. The van der Waals surface area contributed by atoms with Gasteiger partial charge in [0.2, 0.25) is 5.88 Å². The molecule has 12 nitrogen and oxygen atoms in total. The molecule has 17 heteroatoms. The highest BCUT2D eigenvalue weighted by Gasteiger charge is 2.31. The molecule has 188 valence electrons. The number of halogens is 5. The molecule has 1 amide bonds. The van der Waals surface area contributed by atoms with E-state index >= 15 is 0 Å². The minimum absolute atomic E-state index is 0.0300. The number of hydrogen-bond donors (Lipinski definition) is 2. The van der Waals surface area contributed by atoms with Crippen LogP contribution in [0.1, 0.15) is 23.1 Å². The van der Waals surface area contributed by atoms with E-state index in [1.807, 2.05) is 5.32 Å². The molecule has 0 bridgehead atoms. The zero-order chi connectivity index (χ0) is 25.9. The van der Waals surface area contributed by atoms with Gasteiger partial charge in [0.25, 0.3) is 5.91 Å². The Kier molecular flexibility index (Phi) is 7.28. The van der Waals surface area contributed by atoms with E-state index in [1.54, 1.807) is 0 Å². The highest BCUT2D eigenvalue weighted by atomic mass is 19.4. The van der Waals surface area contributed by atoms with E-state index in [-0.39, 0.29) is 18.4 Å². The number of nitrogens with zero attached hydrogens (tertiary/aromatic N) is 6. The number of amides is 1. The summed E-state index contributed by atoms with van der Waals surface area (Å²) >= 11 is 0. The standard InChI is InChI=1S/C18H16F5N7O5/c1-3-29-11(6-31)28-30(17(29)33)13-9(19)4-8(15(27-13)35-7-18(21,22)23)14(32)25-12-10(20)5-24-16(26-12)34-2/h4-5,31H,3,6-7H2,1-2H3,(H,24,25,26,32). The van der Waals surface area contributed by atoms with Crippen molar-refractivity contribution in [3.05, 3.63) is 45.8 Å². The summed E-state index contributed by atoms with van der Waals surface area (Å²) in [5.41, 5.74) is -1.84. The highest BCUT2D eigenvalue weighted by molar-refractivity contribution is 6.05. The largest absolute Gasteiger partial charge is 0.467 e. The molecule has 0 aromatic carbocycles. The van der Waals surface area contributed by atoms with Crippen LogP contribution in [-0.4, -0.2) is 60.2 Å². The maximum Gasteiger partial charge on any atom is 0.422 e. The third kappa shape index (κ3) is 5.51. The van der Waals surface area contributed by atoms with E-state index in [0.29, 0.717) is 16.9 Å². The molecule has 3 heterocycles. The lowest BCUT2D eigenvalue weighted by Gasteiger charge is -2.14. The number of methoxy groups -OCH3 is 1. The van der Waals surface area contributed by atoms with Gasteiger partial charge in [0.05, 0.1) is 13.3 Å². The molecule has 0 unspecified atom stereocenters. The molecule has 0 saturated heterocycles. The van der Waals surface area contributed by atoms with Crippen LogP contribution in [0.3, 0.4) is 0 Å². The molecular formula is C18H16F5N7O5. The molecule has 3 rings (SSSR count). The quantitative estimate of drug-likeness (QED) is 0.431. The van der Waals surface area contributed by atoms with E-state index in [4.69, 9.17) is 4.74 Å². The Morgan fingerprint density at radius 1 is 1.23 bits per heavy atom. The molecule has 3 aromatic rings. The third-order valence-corrected chi connectivity index (χ3v) is 4.27. The zero-order valence-electron chi connectivity index (χ0n) is 17.9. The molecule has 0 aliphatic heterocycles. The molecule has 2 N–H and O–H groups in total. The van der Waals surface area contributed by atoms with Gasteiger partial charge < -0.3 is 19.9 Å². The van der Waals surface area contributed by atoms with Gasteiger partial charge in [-0.1, -0.05) is 0 Å². The van der Waals surface area contributed by atoms with Gasteiger partial charge in [-0.25, -0.2) is 18.6 Å². The number of ether oxygens (including phenoxy) is 2. The SMILES string of the molecule is CCn1c(CO)nn(-c2nc(OCC(F)(F)F)c(C(=O)Nc3nc(OC)ncc3F)cc2F)c1=O. The van der Waals surface area contributed by atoms with Crippen molar-refractivity contribution in [2.45, 2.75) is 26.3 Å². The zero-order valence-corrected chi connectivity index (χ0v) is 17.9. The van der Waals surface area contributed by atoms with E-state index in [2.05, 4.69) is 24.8 Å². The van der Waals surface area contributed by atoms with Gasteiger partial charge in [0.1, 0.15) is 12.2 Å². The topological polar surface area (TPSA) is 146 Å². The van der Waals surface area contributed by atoms with E-state index in [9.17, 15) is 36.6 Å². The maximum absolute atomic E-state index is 14.9. The number of rotatable bonds is 8. The maximum atomic E-state index is 14.9. The summed E-state index contributed by atoms with van der Waals surface area (Å²) in [6.07, 6.45) is -4.22. The number of aliphatic hydroxyl groups is 1. The summed E-state index contributed by atoms with van der Waals surface area (Å²) in [7, 11) is 1.16. The Morgan fingerprint density at radius 3 is 2.51 bits per heavy atom. The fourth-order valence-corrected chi connectivity index (χ4v) is 2.76. The predicted octanol–water partition coefficient (Wildman–Crippen LogP) is 1.21. The van der Waals surface area contributed by atoms with E-state index in [1.165, 1.54) is 6.92 Å². The fraction of sp³-hybridized carbons (Fsp3) is 0.333. The first-order chi connectivity index (χ1) is 16.5. The Morgan fingerprint density at radius 2 is 1.94 bits per heavy atom. The van der Waals surface area contributed by atoms with Crippen LogP contribution < -0.4 is 20.5 Å².